The molecule has 3 aromatic rings. The molecule has 1 amide bonds. The van der Waals surface area contributed by atoms with Gasteiger partial charge in [-0.15, -0.1) is 0 Å². The van der Waals surface area contributed by atoms with Crippen molar-refractivity contribution in [1.82, 2.24) is 15.0 Å². The molecule has 0 radical (unpaired) electrons. The molecule has 2 aromatic carbocycles. The largest absolute Gasteiger partial charge is 1.00 e. The Hall–Kier alpha value is -3.37. The number of esters is 1. The molecule has 9 nitrogen and oxygen atoms in total. The van der Waals surface area contributed by atoms with E-state index in [1.54, 1.807) is 0 Å². The normalized spacial score (nSPS) is 24.9. The average Bonchev–Trinajstić information content (AvgIpc) is 2.88. The summed E-state index contributed by atoms with van der Waals surface area (Å²) in [5, 5.41) is 0. The summed E-state index contributed by atoms with van der Waals surface area (Å²) in [6, 6.07) is 14.4. The molecule has 4 aliphatic heterocycles. The Balaban J connectivity index is 0.00000267. The molecule has 36 heavy (non-hydrogen) atoms. The number of quaternary nitrogens is 1. The van der Waals surface area contributed by atoms with Crippen molar-refractivity contribution in [3.63, 3.8) is 0 Å². The molecular weight excluding hydrogens is 526 g/mol. The van der Waals surface area contributed by atoms with Gasteiger partial charge >= 0.3 is 5.97 Å². The van der Waals surface area contributed by atoms with Crippen molar-refractivity contribution < 1.29 is 40.5 Å². The number of aromatic nitrogens is 3. The van der Waals surface area contributed by atoms with E-state index in [2.05, 4.69) is 15.0 Å². The van der Waals surface area contributed by atoms with Crippen LogP contribution in [0.25, 0.3) is 0 Å². The van der Waals surface area contributed by atoms with Gasteiger partial charge in [0.25, 0.3) is 5.91 Å². The van der Waals surface area contributed by atoms with E-state index in [1.807, 2.05) is 48.5 Å². The Morgan fingerprint density at radius 2 is 1.56 bits per heavy atom. The molecular formula is C26H26BrN5O4. The fourth-order valence-electron chi connectivity index (χ4n) is 6.07. The van der Waals surface area contributed by atoms with Gasteiger partial charge in [0.15, 0.2) is 11.9 Å². The first-order valence-electron chi connectivity index (χ1n) is 11.9. The summed E-state index contributed by atoms with van der Waals surface area (Å²) in [4.78, 5) is 38.7. The third-order valence-corrected chi connectivity index (χ3v) is 7.72. The highest BCUT2D eigenvalue weighted by Gasteiger charge is 2.55. The second kappa shape index (κ2) is 9.59. The highest BCUT2D eigenvalue weighted by molar-refractivity contribution is 5.85. The van der Waals surface area contributed by atoms with Crippen LogP contribution in [0.3, 0.4) is 0 Å². The quantitative estimate of drug-likeness (QED) is 0.335. The van der Waals surface area contributed by atoms with Crippen LogP contribution in [0.5, 0.6) is 11.5 Å². The van der Waals surface area contributed by atoms with E-state index in [1.165, 1.54) is 12.7 Å². The van der Waals surface area contributed by atoms with Crippen LogP contribution in [-0.4, -0.2) is 57.0 Å². The number of hydrogen-bond acceptors (Lipinski definition) is 7. The minimum absolute atomic E-state index is 0. The molecule has 4 aliphatic rings. The highest BCUT2D eigenvalue weighted by Crippen LogP contribution is 2.46. The third kappa shape index (κ3) is 4.04. The number of rotatable bonds is 5. The molecule has 2 N–H and O–H groups in total. The van der Waals surface area contributed by atoms with Crippen LogP contribution in [-0.2, 0) is 14.3 Å². The predicted molar refractivity (Wildman–Crippen MR) is 124 cm³/mol. The van der Waals surface area contributed by atoms with Crippen molar-refractivity contribution in [3.05, 3.63) is 78.1 Å². The highest BCUT2D eigenvalue weighted by atomic mass is 79.9. The van der Waals surface area contributed by atoms with Crippen molar-refractivity contribution in [2.45, 2.75) is 30.9 Å². The number of nitrogens with two attached hydrogens (primary N) is 1. The number of carbonyl (C=O) groups is 2. The van der Waals surface area contributed by atoms with Crippen LogP contribution in [0.4, 0.5) is 0 Å². The van der Waals surface area contributed by atoms with Crippen LogP contribution >= 0.6 is 0 Å². The number of fused-ring (bicyclic) bond motifs is 5. The summed E-state index contributed by atoms with van der Waals surface area (Å²) in [6.45, 7) is 2.03. The standard InChI is InChI=1S/C26H25N5O4.BrH/c27-24(32)23(25-29-14-28-15-30-25)31-11-9-16(10-12-31)21(13-31)35-26(33)22-17-5-1-3-7-19(17)34-20-8-4-2-6-18(20)22;/h1-8,14-16,21-23H,9-13H2,(H-,27,32);1H/t16?,21-,23?,31?;/m0./s1. The Bertz CT molecular complexity index is 1240. The lowest BCUT2D eigenvalue weighted by Crippen LogP contribution is -3.00. The first-order chi connectivity index (χ1) is 17.1. The number of hydrogen-bond donors (Lipinski definition) is 1. The van der Waals surface area contributed by atoms with E-state index in [0.29, 0.717) is 28.4 Å². The lowest BCUT2D eigenvalue weighted by Gasteiger charge is -2.54. The number of ether oxygens (including phenoxy) is 2. The molecule has 1 aromatic heterocycles. The smallest absolute Gasteiger partial charge is 0.318 e. The number of para-hydroxylation sites is 2. The maximum atomic E-state index is 13.7. The zero-order valence-corrected chi connectivity index (χ0v) is 21.1. The molecule has 0 spiro atoms. The molecule has 0 saturated carbocycles. The Morgan fingerprint density at radius 3 is 2.14 bits per heavy atom. The molecule has 186 valence electrons. The maximum Gasteiger partial charge on any atom is 0.318 e. The van der Waals surface area contributed by atoms with Gasteiger partial charge in [0.1, 0.15) is 36.6 Å². The van der Waals surface area contributed by atoms with E-state index in [9.17, 15) is 9.59 Å². The Labute approximate surface area is 219 Å². The molecule has 7 rings (SSSR count). The monoisotopic (exact) mass is 551 g/mol. The molecule has 5 heterocycles. The van der Waals surface area contributed by atoms with Gasteiger partial charge in [-0.05, 0) is 12.1 Å². The van der Waals surface area contributed by atoms with Crippen molar-refractivity contribution in [1.29, 1.82) is 0 Å². The second-order valence-electron chi connectivity index (χ2n) is 9.57. The molecule has 2 bridgehead atoms. The van der Waals surface area contributed by atoms with Gasteiger partial charge in [0.2, 0.25) is 6.04 Å². The van der Waals surface area contributed by atoms with Crippen molar-refractivity contribution in [3.8, 4) is 11.5 Å². The summed E-state index contributed by atoms with van der Waals surface area (Å²) in [5.41, 5.74) is 7.46. The van der Waals surface area contributed by atoms with Gasteiger partial charge in [0, 0.05) is 29.9 Å². The zero-order valence-electron chi connectivity index (χ0n) is 19.5. The molecule has 1 unspecified atom stereocenters. The first kappa shape index (κ1) is 24.3. The van der Waals surface area contributed by atoms with Gasteiger partial charge in [0.05, 0.1) is 13.1 Å². The topological polar surface area (TPSA) is 117 Å². The number of amides is 1. The second-order valence-corrected chi connectivity index (χ2v) is 9.57. The van der Waals surface area contributed by atoms with Crippen LogP contribution in [0.2, 0.25) is 0 Å². The van der Waals surface area contributed by atoms with Crippen molar-refractivity contribution >= 4 is 11.9 Å². The summed E-state index contributed by atoms with van der Waals surface area (Å²) < 4.78 is 12.7. The minimum atomic E-state index is -0.704. The number of nitrogens with zero attached hydrogens (tertiary/aromatic N) is 4. The van der Waals surface area contributed by atoms with Crippen molar-refractivity contribution in [2.75, 3.05) is 19.6 Å². The lowest BCUT2D eigenvalue weighted by molar-refractivity contribution is -0.965. The zero-order chi connectivity index (χ0) is 24.0. The van der Waals surface area contributed by atoms with Gasteiger partial charge in [-0.25, -0.2) is 15.0 Å². The van der Waals surface area contributed by atoms with E-state index >= 15 is 0 Å². The van der Waals surface area contributed by atoms with E-state index in [0.717, 1.165) is 37.1 Å². The molecule has 2 atom stereocenters. The fourth-order valence-corrected chi connectivity index (χ4v) is 6.07. The van der Waals surface area contributed by atoms with Crippen LogP contribution in [0, 0.1) is 5.92 Å². The Kier molecular flexibility index (Phi) is 6.48. The summed E-state index contributed by atoms with van der Waals surface area (Å²) in [6.07, 6.45) is 4.12. The molecule has 3 saturated heterocycles. The Morgan fingerprint density at radius 1 is 0.972 bits per heavy atom. The summed E-state index contributed by atoms with van der Waals surface area (Å²) >= 11 is 0. The summed E-state index contributed by atoms with van der Waals surface area (Å²) in [5.74, 6) is 0.579. The van der Waals surface area contributed by atoms with Crippen LogP contribution in [0.1, 0.15) is 41.8 Å². The minimum Gasteiger partial charge on any atom is -1.00 e. The van der Waals surface area contributed by atoms with Crippen LogP contribution < -0.4 is 27.5 Å². The molecule has 10 heteroatoms. The third-order valence-electron chi connectivity index (χ3n) is 7.72. The fraction of sp³-hybridized carbons (Fsp3) is 0.346. The van der Waals surface area contributed by atoms with E-state index in [4.69, 9.17) is 15.2 Å². The van der Waals surface area contributed by atoms with Gasteiger partial charge in [-0.1, -0.05) is 36.4 Å². The van der Waals surface area contributed by atoms with Gasteiger partial charge in [-0.2, -0.15) is 0 Å². The number of benzene rings is 2. The van der Waals surface area contributed by atoms with Gasteiger partial charge < -0.3 is 36.7 Å². The summed E-state index contributed by atoms with van der Waals surface area (Å²) in [7, 11) is 0. The lowest BCUT2D eigenvalue weighted by atomic mass is 9.81. The SMILES string of the molecule is NC(=O)C(c1ncncn1)[N+]12CCC(CC1)[C@@H](OC(=O)C1c3ccccc3Oc3ccccc31)C2.[Br-]. The number of primary amides is 1. The van der Waals surface area contributed by atoms with Crippen molar-refractivity contribution in [2.24, 2.45) is 11.7 Å². The average molecular weight is 552 g/mol. The van der Waals surface area contributed by atoms with Crippen LogP contribution in [0.15, 0.2) is 61.2 Å². The number of piperidine rings is 3. The maximum absolute atomic E-state index is 13.7. The predicted octanol–water partition coefficient (Wildman–Crippen LogP) is -0.508. The van der Waals surface area contributed by atoms with Gasteiger partial charge in [-0.3, -0.25) is 9.59 Å². The molecule has 3 fully saturated rings. The molecule has 0 aliphatic carbocycles. The van der Waals surface area contributed by atoms with E-state index in [-0.39, 0.29) is 35.0 Å². The number of carbonyl (C=O) groups excluding carboxylic acids is 2. The number of halogens is 1. The van der Waals surface area contributed by atoms with E-state index < -0.39 is 17.9 Å². The first-order valence-corrected chi connectivity index (χ1v) is 11.9.